The summed E-state index contributed by atoms with van der Waals surface area (Å²) in [6.45, 7) is 9.79. The number of fused-ring (bicyclic) bond motifs is 1. The molecule has 3 rings (SSSR count). The Morgan fingerprint density at radius 3 is 2.52 bits per heavy atom. The molecule has 1 fully saturated rings. The maximum Gasteiger partial charge on any atom is 0.410 e. The minimum atomic E-state index is -0.440. The largest absolute Gasteiger partial charge is 0.444 e. The highest BCUT2D eigenvalue weighted by Crippen LogP contribution is 2.33. The van der Waals surface area contributed by atoms with Crippen LogP contribution in [0, 0.1) is 0 Å². The lowest BCUT2D eigenvalue weighted by atomic mass is 10.1. The van der Waals surface area contributed by atoms with Crippen molar-refractivity contribution in [1.82, 2.24) is 9.88 Å². The van der Waals surface area contributed by atoms with E-state index in [0.717, 1.165) is 31.9 Å². The number of rotatable bonds is 1. The number of ether oxygens (including phenoxy) is 1. The number of amides is 1. The summed E-state index contributed by atoms with van der Waals surface area (Å²) in [7, 11) is 2.09. The molecule has 0 saturated carbocycles. The highest BCUT2D eigenvalue weighted by molar-refractivity contribution is 5.70. The summed E-state index contributed by atoms with van der Waals surface area (Å²) >= 11 is 0. The summed E-state index contributed by atoms with van der Waals surface area (Å²) in [5, 5.41) is 0. The standard InChI is InChI=1S/C17H26N4O2/c1-17(2,3)23-16(22)21-11-9-20(10-12-21)14-5-7-18-15-13(14)6-8-19(15)4/h5,7H,6,8-12H2,1-4H3. The van der Waals surface area contributed by atoms with Crippen molar-refractivity contribution < 1.29 is 9.53 Å². The molecule has 1 amide bonds. The first-order valence-electron chi connectivity index (χ1n) is 8.27. The Labute approximate surface area is 138 Å². The van der Waals surface area contributed by atoms with Crippen LogP contribution in [0.1, 0.15) is 26.3 Å². The van der Waals surface area contributed by atoms with E-state index in [4.69, 9.17) is 4.74 Å². The third kappa shape index (κ3) is 3.35. The molecule has 1 aromatic rings. The SMILES string of the molecule is CN1CCc2c(N3CCN(C(=O)OC(C)(C)C)CC3)ccnc21. The third-order valence-electron chi connectivity index (χ3n) is 4.34. The summed E-state index contributed by atoms with van der Waals surface area (Å²) < 4.78 is 5.46. The van der Waals surface area contributed by atoms with Gasteiger partial charge in [-0.15, -0.1) is 0 Å². The second-order valence-corrected chi connectivity index (χ2v) is 7.26. The van der Waals surface area contributed by atoms with Gasteiger partial charge in [0.15, 0.2) is 0 Å². The molecule has 1 aromatic heterocycles. The summed E-state index contributed by atoms with van der Waals surface area (Å²) in [5.41, 5.74) is 2.16. The Bertz CT molecular complexity index is 589. The van der Waals surface area contributed by atoms with Crippen LogP contribution in [0.3, 0.4) is 0 Å². The zero-order valence-electron chi connectivity index (χ0n) is 14.5. The summed E-state index contributed by atoms with van der Waals surface area (Å²) in [6.07, 6.45) is 2.72. The fraction of sp³-hybridized carbons (Fsp3) is 0.647. The van der Waals surface area contributed by atoms with Crippen LogP contribution in [0.15, 0.2) is 12.3 Å². The molecular formula is C17H26N4O2. The minimum Gasteiger partial charge on any atom is -0.444 e. The van der Waals surface area contributed by atoms with Crippen molar-refractivity contribution in [3.63, 3.8) is 0 Å². The molecule has 2 aliphatic rings. The van der Waals surface area contributed by atoms with Gasteiger partial charge in [-0.25, -0.2) is 9.78 Å². The number of anilines is 2. The second kappa shape index (κ2) is 5.91. The number of hydrogen-bond donors (Lipinski definition) is 0. The Balaban J connectivity index is 1.65. The van der Waals surface area contributed by atoms with Crippen LogP contribution >= 0.6 is 0 Å². The normalized spacial score (nSPS) is 18.2. The molecule has 0 radical (unpaired) electrons. The van der Waals surface area contributed by atoms with Gasteiger partial charge in [-0.2, -0.15) is 0 Å². The monoisotopic (exact) mass is 318 g/mol. The van der Waals surface area contributed by atoms with Gasteiger partial charge >= 0.3 is 6.09 Å². The topological polar surface area (TPSA) is 48.9 Å². The molecule has 0 unspecified atom stereocenters. The van der Waals surface area contributed by atoms with E-state index in [1.807, 2.05) is 27.0 Å². The molecule has 126 valence electrons. The highest BCUT2D eigenvalue weighted by Gasteiger charge is 2.28. The zero-order chi connectivity index (χ0) is 16.6. The molecule has 1 saturated heterocycles. The summed E-state index contributed by atoms with van der Waals surface area (Å²) in [5.74, 6) is 1.09. The molecule has 6 heteroatoms. The lowest BCUT2D eigenvalue weighted by molar-refractivity contribution is 0.0240. The van der Waals surface area contributed by atoms with E-state index >= 15 is 0 Å². The first-order valence-corrected chi connectivity index (χ1v) is 8.27. The van der Waals surface area contributed by atoms with Gasteiger partial charge in [-0.05, 0) is 33.3 Å². The van der Waals surface area contributed by atoms with E-state index in [2.05, 4.69) is 27.9 Å². The maximum absolute atomic E-state index is 12.2. The van der Waals surface area contributed by atoms with Crippen molar-refractivity contribution in [3.8, 4) is 0 Å². The van der Waals surface area contributed by atoms with E-state index in [0.29, 0.717) is 13.1 Å². The molecule has 0 N–H and O–H groups in total. The Morgan fingerprint density at radius 2 is 1.87 bits per heavy atom. The number of nitrogens with zero attached hydrogens (tertiary/aromatic N) is 4. The van der Waals surface area contributed by atoms with Crippen molar-refractivity contribution in [2.45, 2.75) is 32.8 Å². The molecule has 0 bridgehead atoms. The van der Waals surface area contributed by atoms with Crippen molar-refractivity contribution in [1.29, 1.82) is 0 Å². The van der Waals surface area contributed by atoms with Crippen LogP contribution in [0.4, 0.5) is 16.3 Å². The molecule has 0 spiro atoms. The Morgan fingerprint density at radius 1 is 1.17 bits per heavy atom. The van der Waals surface area contributed by atoms with Crippen molar-refractivity contribution in [3.05, 3.63) is 17.8 Å². The quantitative estimate of drug-likeness (QED) is 0.794. The predicted molar refractivity (Wildman–Crippen MR) is 91.2 cm³/mol. The highest BCUT2D eigenvalue weighted by atomic mass is 16.6. The fourth-order valence-electron chi connectivity index (χ4n) is 3.18. The second-order valence-electron chi connectivity index (χ2n) is 7.26. The molecule has 0 aromatic carbocycles. The average Bonchev–Trinajstić information content (AvgIpc) is 2.87. The number of carbonyl (C=O) groups is 1. The van der Waals surface area contributed by atoms with Gasteiger partial charge in [0.05, 0.1) is 0 Å². The van der Waals surface area contributed by atoms with E-state index in [-0.39, 0.29) is 6.09 Å². The van der Waals surface area contributed by atoms with Gasteiger partial charge in [0.2, 0.25) is 0 Å². The number of pyridine rings is 1. The number of hydrogen-bond acceptors (Lipinski definition) is 5. The van der Waals surface area contributed by atoms with Gasteiger partial charge in [0.25, 0.3) is 0 Å². The molecule has 0 atom stereocenters. The smallest absolute Gasteiger partial charge is 0.410 e. The third-order valence-corrected chi connectivity index (χ3v) is 4.34. The van der Waals surface area contributed by atoms with E-state index in [1.54, 1.807) is 4.90 Å². The molecule has 0 aliphatic carbocycles. The summed E-state index contributed by atoms with van der Waals surface area (Å²) in [4.78, 5) is 23.0. The van der Waals surface area contributed by atoms with Crippen molar-refractivity contribution >= 4 is 17.6 Å². The van der Waals surface area contributed by atoms with Crippen molar-refractivity contribution in [2.24, 2.45) is 0 Å². The van der Waals surface area contributed by atoms with Crippen LogP contribution in [-0.2, 0) is 11.2 Å². The first-order chi connectivity index (χ1) is 10.8. The first kappa shape index (κ1) is 15.9. The number of carbonyl (C=O) groups excluding carboxylic acids is 1. The van der Waals surface area contributed by atoms with E-state index in [9.17, 15) is 4.79 Å². The Hall–Kier alpha value is -1.98. The average molecular weight is 318 g/mol. The minimum absolute atomic E-state index is 0.211. The van der Waals surface area contributed by atoms with Crippen LogP contribution in [0.25, 0.3) is 0 Å². The number of likely N-dealkylation sites (N-methyl/N-ethyl adjacent to an activating group) is 1. The van der Waals surface area contributed by atoms with Crippen LogP contribution in [0.5, 0.6) is 0 Å². The van der Waals surface area contributed by atoms with Gasteiger partial charge in [-0.3, -0.25) is 0 Å². The van der Waals surface area contributed by atoms with Crippen LogP contribution in [0.2, 0.25) is 0 Å². The van der Waals surface area contributed by atoms with Gasteiger partial charge in [0, 0.05) is 57.2 Å². The molecule has 2 aliphatic heterocycles. The Kier molecular flexibility index (Phi) is 4.08. The molecule has 3 heterocycles. The predicted octanol–water partition coefficient (Wildman–Crippen LogP) is 2.13. The lowest BCUT2D eigenvalue weighted by Crippen LogP contribution is -2.50. The lowest BCUT2D eigenvalue weighted by Gasteiger charge is -2.37. The van der Waals surface area contributed by atoms with Crippen LogP contribution < -0.4 is 9.80 Å². The van der Waals surface area contributed by atoms with E-state index < -0.39 is 5.60 Å². The van der Waals surface area contributed by atoms with Gasteiger partial charge in [0.1, 0.15) is 11.4 Å². The van der Waals surface area contributed by atoms with Gasteiger partial charge < -0.3 is 19.4 Å². The fourth-order valence-corrected chi connectivity index (χ4v) is 3.18. The molecule has 6 nitrogen and oxygen atoms in total. The summed E-state index contributed by atoms with van der Waals surface area (Å²) in [6, 6.07) is 2.10. The number of piperazine rings is 1. The van der Waals surface area contributed by atoms with Crippen LogP contribution in [-0.4, -0.2) is 61.3 Å². The maximum atomic E-state index is 12.2. The number of aromatic nitrogens is 1. The molecular weight excluding hydrogens is 292 g/mol. The van der Waals surface area contributed by atoms with Crippen molar-refractivity contribution in [2.75, 3.05) is 49.6 Å². The van der Waals surface area contributed by atoms with E-state index in [1.165, 1.54) is 11.3 Å². The molecule has 23 heavy (non-hydrogen) atoms. The van der Waals surface area contributed by atoms with Gasteiger partial charge in [-0.1, -0.05) is 0 Å². The zero-order valence-corrected chi connectivity index (χ0v) is 14.5.